The fourth-order valence-corrected chi connectivity index (χ4v) is 4.00. The Hall–Kier alpha value is -2.41. The summed E-state index contributed by atoms with van der Waals surface area (Å²) in [6.07, 6.45) is 7.55. The molecule has 3 heterocycles. The van der Waals surface area contributed by atoms with E-state index in [9.17, 15) is 4.79 Å². The Balaban J connectivity index is 1.64. The van der Waals surface area contributed by atoms with E-state index in [1.54, 1.807) is 23.5 Å². The second-order valence-corrected chi connectivity index (χ2v) is 6.25. The average molecular weight is 314 g/mol. The van der Waals surface area contributed by atoms with E-state index in [4.69, 9.17) is 4.42 Å². The topological polar surface area (TPSA) is 80.0 Å². The predicted molar refractivity (Wildman–Crippen MR) is 83.9 cm³/mol. The van der Waals surface area contributed by atoms with Gasteiger partial charge in [0.25, 0.3) is 0 Å². The predicted octanol–water partition coefficient (Wildman–Crippen LogP) is 2.92. The maximum absolute atomic E-state index is 11.9. The smallest absolute Gasteiger partial charge is 0.305 e. The van der Waals surface area contributed by atoms with E-state index >= 15 is 0 Å². The van der Waals surface area contributed by atoms with Crippen LogP contribution in [0.3, 0.4) is 0 Å². The molecule has 7 heteroatoms. The zero-order chi connectivity index (χ0) is 14.9. The fourth-order valence-electron chi connectivity index (χ4n) is 2.77. The van der Waals surface area contributed by atoms with Crippen LogP contribution in [0, 0.1) is 0 Å². The summed E-state index contributed by atoms with van der Waals surface area (Å²) in [4.78, 5) is 22.9. The van der Waals surface area contributed by atoms with Gasteiger partial charge in [0.1, 0.15) is 11.2 Å². The molecule has 22 heavy (non-hydrogen) atoms. The van der Waals surface area contributed by atoms with Gasteiger partial charge in [0.15, 0.2) is 11.6 Å². The highest BCUT2D eigenvalue weighted by Gasteiger charge is 2.20. The zero-order valence-corrected chi connectivity index (χ0v) is 12.6. The van der Waals surface area contributed by atoms with Crippen LogP contribution in [0.5, 0.6) is 0 Å². The van der Waals surface area contributed by atoms with Crippen molar-refractivity contribution in [3.8, 4) is 0 Å². The Morgan fingerprint density at radius 1 is 1.27 bits per heavy atom. The van der Waals surface area contributed by atoms with E-state index in [1.165, 1.54) is 35.9 Å². The van der Waals surface area contributed by atoms with Crippen LogP contribution in [0.25, 0.3) is 10.2 Å². The molecule has 3 aromatic rings. The SMILES string of the molecule is O=C(NNc1ncnc2sc3c(c12)CCCC3)c1ccco1. The number of hydrogen-bond donors (Lipinski definition) is 2. The molecule has 1 amide bonds. The van der Waals surface area contributed by atoms with Crippen LogP contribution in [0.15, 0.2) is 29.1 Å². The molecule has 0 saturated carbocycles. The van der Waals surface area contributed by atoms with E-state index in [0.29, 0.717) is 5.82 Å². The summed E-state index contributed by atoms with van der Waals surface area (Å²) in [5.74, 6) is 0.565. The summed E-state index contributed by atoms with van der Waals surface area (Å²) in [6.45, 7) is 0. The summed E-state index contributed by atoms with van der Waals surface area (Å²) in [7, 11) is 0. The number of carbonyl (C=O) groups is 1. The highest BCUT2D eigenvalue weighted by atomic mass is 32.1. The Bertz CT molecular complexity index is 826. The van der Waals surface area contributed by atoms with Crippen LogP contribution >= 0.6 is 11.3 Å². The number of furan rings is 1. The van der Waals surface area contributed by atoms with Crippen molar-refractivity contribution < 1.29 is 9.21 Å². The van der Waals surface area contributed by atoms with Crippen LogP contribution in [0.4, 0.5) is 5.82 Å². The Morgan fingerprint density at radius 2 is 2.18 bits per heavy atom. The van der Waals surface area contributed by atoms with Crippen molar-refractivity contribution in [1.29, 1.82) is 0 Å². The van der Waals surface area contributed by atoms with Gasteiger partial charge in [0.2, 0.25) is 0 Å². The number of rotatable bonds is 3. The lowest BCUT2D eigenvalue weighted by Crippen LogP contribution is -2.29. The Labute approximate surface area is 130 Å². The zero-order valence-electron chi connectivity index (χ0n) is 11.8. The van der Waals surface area contributed by atoms with Crippen LogP contribution in [0.1, 0.15) is 33.8 Å². The van der Waals surface area contributed by atoms with Gasteiger partial charge >= 0.3 is 5.91 Å². The highest BCUT2D eigenvalue weighted by Crippen LogP contribution is 2.37. The lowest BCUT2D eigenvalue weighted by atomic mass is 9.97. The number of carbonyl (C=O) groups excluding carboxylic acids is 1. The summed E-state index contributed by atoms with van der Waals surface area (Å²) >= 11 is 1.72. The van der Waals surface area contributed by atoms with Gasteiger partial charge in [-0.2, -0.15) is 0 Å². The average Bonchev–Trinajstić information content (AvgIpc) is 3.19. The first-order valence-electron chi connectivity index (χ1n) is 7.18. The molecule has 0 radical (unpaired) electrons. The van der Waals surface area contributed by atoms with Gasteiger partial charge in [0, 0.05) is 4.88 Å². The Kier molecular flexibility index (Phi) is 3.27. The number of nitrogens with zero attached hydrogens (tertiary/aromatic N) is 2. The molecule has 0 spiro atoms. The minimum atomic E-state index is -0.333. The number of anilines is 1. The maximum atomic E-state index is 11.9. The molecule has 0 aromatic carbocycles. The van der Waals surface area contributed by atoms with Crippen molar-refractivity contribution in [2.45, 2.75) is 25.7 Å². The van der Waals surface area contributed by atoms with Crippen LogP contribution in [-0.4, -0.2) is 15.9 Å². The van der Waals surface area contributed by atoms with Crippen molar-refractivity contribution in [2.75, 3.05) is 5.43 Å². The maximum Gasteiger partial charge on any atom is 0.305 e. The Morgan fingerprint density at radius 3 is 3.05 bits per heavy atom. The molecule has 0 aliphatic heterocycles. The van der Waals surface area contributed by atoms with Gasteiger partial charge in [-0.15, -0.1) is 11.3 Å². The quantitative estimate of drug-likeness (QED) is 0.727. The van der Waals surface area contributed by atoms with Crippen molar-refractivity contribution in [1.82, 2.24) is 15.4 Å². The highest BCUT2D eigenvalue weighted by molar-refractivity contribution is 7.19. The number of hydrazine groups is 1. The first-order valence-corrected chi connectivity index (χ1v) is 7.99. The first kappa shape index (κ1) is 13.3. The van der Waals surface area contributed by atoms with E-state index < -0.39 is 0 Å². The molecular formula is C15H14N4O2S. The molecule has 1 aliphatic carbocycles. The minimum absolute atomic E-state index is 0.255. The minimum Gasteiger partial charge on any atom is -0.459 e. The molecule has 0 saturated heterocycles. The van der Waals surface area contributed by atoms with Gasteiger partial charge in [-0.25, -0.2) is 9.97 Å². The molecule has 112 valence electrons. The third-order valence-electron chi connectivity index (χ3n) is 3.79. The first-order chi connectivity index (χ1) is 10.8. The van der Waals surface area contributed by atoms with Gasteiger partial charge in [-0.05, 0) is 43.4 Å². The summed E-state index contributed by atoms with van der Waals surface area (Å²) in [5.41, 5.74) is 6.85. The van der Waals surface area contributed by atoms with E-state index in [0.717, 1.165) is 23.1 Å². The van der Waals surface area contributed by atoms with Crippen molar-refractivity contribution in [2.24, 2.45) is 0 Å². The summed E-state index contributed by atoms with van der Waals surface area (Å²) < 4.78 is 5.06. The van der Waals surface area contributed by atoms with Gasteiger partial charge in [-0.1, -0.05) is 0 Å². The van der Waals surface area contributed by atoms with Crippen LogP contribution < -0.4 is 10.9 Å². The lowest BCUT2D eigenvalue weighted by Gasteiger charge is -2.12. The lowest BCUT2D eigenvalue weighted by molar-refractivity contribution is 0.0935. The number of hydrogen-bond acceptors (Lipinski definition) is 6. The number of aryl methyl sites for hydroxylation is 2. The molecule has 0 unspecified atom stereocenters. The molecule has 0 atom stereocenters. The van der Waals surface area contributed by atoms with Crippen molar-refractivity contribution in [3.63, 3.8) is 0 Å². The normalized spacial score (nSPS) is 13.8. The number of fused-ring (bicyclic) bond motifs is 3. The van der Waals surface area contributed by atoms with Crippen LogP contribution in [0.2, 0.25) is 0 Å². The number of amides is 1. The number of thiophene rings is 1. The molecule has 4 rings (SSSR count). The molecule has 1 aliphatic rings. The standard InChI is InChI=1S/C15H14N4O2S/c20-14(10-5-3-7-21-10)19-18-13-12-9-4-1-2-6-11(9)22-15(12)17-8-16-13/h3,5,7-8H,1-2,4,6H2,(H,19,20)(H,16,17,18). The van der Waals surface area contributed by atoms with Gasteiger partial charge in [-0.3, -0.25) is 15.6 Å². The second kappa shape index (κ2) is 5.42. The fraction of sp³-hybridized carbons (Fsp3) is 0.267. The largest absolute Gasteiger partial charge is 0.459 e. The number of aromatic nitrogens is 2. The molecular weight excluding hydrogens is 300 g/mol. The third kappa shape index (κ3) is 2.23. The second-order valence-electron chi connectivity index (χ2n) is 5.17. The van der Waals surface area contributed by atoms with Crippen molar-refractivity contribution >= 4 is 33.3 Å². The van der Waals surface area contributed by atoms with Crippen LogP contribution in [-0.2, 0) is 12.8 Å². The van der Waals surface area contributed by atoms with Gasteiger partial charge in [0.05, 0.1) is 11.6 Å². The molecule has 2 N–H and O–H groups in total. The van der Waals surface area contributed by atoms with E-state index in [2.05, 4.69) is 20.8 Å². The van der Waals surface area contributed by atoms with Crippen molar-refractivity contribution in [3.05, 3.63) is 40.9 Å². The summed E-state index contributed by atoms with van der Waals surface area (Å²) in [5, 5.41) is 1.03. The van der Waals surface area contributed by atoms with E-state index in [-0.39, 0.29) is 11.7 Å². The summed E-state index contributed by atoms with van der Waals surface area (Å²) in [6, 6.07) is 3.28. The van der Waals surface area contributed by atoms with E-state index in [1.807, 2.05) is 0 Å². The molecule has 0 fully saturated rings. The van der Waals surface area contributed by atoms with Gasteiger partial charge < -0.3 is 4.42 Å². The molecule has 6 nitrogen and oxygen atoms in total. The monoisotopic (exact) mass is 314 g/mol. The number of nitrogens with one attached hydrogen (secondary N) is 2. The molecule has 3 aromatic heterocycles. The molecule has 0 bridgehead atoms. The third-order valence-corrected chi connectivity index (χ3v) is 4.99.